The van der Waals surface area contributed by atoms with E-state index in [0.29, 0.717) is 22.0 Å². The Morgan fingerprint density at radius 1 is 1.04 bits per heavy atom. The molecular formula is C18H16ClNO5. The second-order valence-corrected chi connectivity index (χ2v) is 5.52. The predicted octanol–water partition coefficient (Wildman–Crippen LogP) is 3.10. The van der Waals surface area contributed by atoms with Gasteiger partial charge in [0.1, 0.15) is 5.75 Å². The molecule has 0 unspecified atom stereocenters. The number of ether oxygens (including phenoxy) is 2. The molecule has 7 heteroatoms. The molecule has 0 radical (unpaired) electrons. The lowest BCUT2D eigenvalue weighted by molar-refractivity contribution is -0.149. The fourth-order valence-electron chi connectivity index (χ4n) is 1.87. The summed E-state index contributed by atoms with van der Waals surface area (Å²) in [5.74, 6) is -0.806. The van der Waals surface area contributed by atoms with E-state index in [9.17, 15) is 14.4 Å². The summed E-state index contributed by atoms with van der Waals surface area (Å²) >= 11 is 5.80. The maximum absolute atomic E-state index is 11.7. The van der Waals surface area contributed by atoms with Gasteiger partial charge in [-0.2, -0.15) is 0 Å². The summed E-state index contributed by atoms with van der Waals surface area (Å²) in [7, 11) is 0. The van der Waals surface area contributed by atoms with E-state index in [1.54, 1.807) is 48.5 Å². The molecule has 6 nitrogen and oxygen atoms in total. The van der Waals surface area contributed by atoms with Crippen LogP contribution in [-0.4, -0.2) is 30.9 Å². The zero-order valence-electron chi connectivity index (χ0n) is 13.5. The number of carbonyl (C=O) groups is 3. The molecule has 2 rings (SSSR count). The van der Waals surface area contributed by atoms with E-state index < -0.39 is 18.5 Å². The zero-order chi connectivity index (χ0) is 18.2. The standard InChI is InChI=1S/C18H16ClNO5/c1-12(21)13-5-7-15(8-6-13)20-17(22)10-25-18(23)11-24-16-4-2-3-14(19)9-16/h2-9H,10-11H2,1H3,(H,20,22). The third-order valence-corrected chi connectivity index (χ3v) is 3.33. The van der Waals surface area contributed by atoms with E-state index in [0.717, 1.165) is 0 Å². The normalized spacial score (nSPS) is 10.0. The average molecular weight is 362 g/mol. The number of benzene rings is 2. The van der Waals surface area contributed by atoms with Crippen LogP contribution in [0.15, 0.2) is 48.5 Å². The summed E-state index contributed by atoms with van der Waals surface area (Å²) in [6.07, 6.45) is 0. The van der Waals surface area contributed by atoms with Crippen molar-refractivity contribution in [3.8, 4) is 5.75 Å². The molecule has 0 atom stereocenters. The second-order valence-electron chi connectivity index (χ2n) is 5.09. The minimum atomic E-state index is -0.679. The van der Waals surface area contributed by atoms with Gasteiger partial charge in [-0.3, -0.25) is 9.59 Å². The van der Waals surface area contributed by atoms with Gasteiger partial charge in [0.05, 0.1) is 0 Å². The molecule has 2 aromatic rings. The third-order valence-electron chi connectivity index (χ3n) is 3.09. The van der Waals surface area contributed by atoms with E-state index in [-0.39, 0.29) is 12.4 Å². The van der Waals surface area contributed by atoms with Crippen molar-refractivity contribution in [2.45, 2.75) is 6.92 Å². The van der Waals surface area contributed by atoms with Crippen LogP contribution in [0.1, 0.15) is 17.3 Å². The third kappa shape index (κ3) is 6.27. The van der Waals surface area contributed by atoms with Gasteiger partial charge in [0, 0.05) is 16.3 Å². The fraction of sp³-hybridized carbons (Fsp3) is 0.167. The molecule has 0 aromatic heterocycles. The van der Waals surface area contributed by atoms with Crippen LogP contribution in [-0.2, 0) is 14.3 Å². The molecule has 130 valence electrons. The van der Waals surface area contributed by atoms with Crippen molar-refractivity contribution in [2.24, 2.45) is 0 Å². The lowest BCUT2D eigenvalue weighted by atomic mass is 10.1. The highest BCUT2D eigenvalue weighted by atomic mass is 35.5. The SMILES string of the molecule is CC(=O)c1ccc(NC(=O)COC(=O)COc2cccc(Cl)c2)cc1. The number of hydrogen-bond acceptors (Lipinski definition) is 5. The number of Topliss-reactive ketones (excluding diaryl/α,β-unsaturated/α-hetero) is 1. The topological polar surface area (TPSA) is 81.7 Å². The first-order valence-corrected chi connectivity index (χ1v) is 7.76. The van der Waals surface area contributed by atoms with Crippen LogP contribution in [0, 0.1) is 0 Å². The molecule has 0 bridgehead atoms. The molecule has 0 heterocycles. The molecule has 0 aliphatic rings. The Kier molecular flexibility index (Phi) is 6.54. The summed E-state index contributed by atoms with van der Waals surface area (Å²) in [5, 5.41) is 3.05. The Balaban J connectivity index is 1.73. The van der Waals surface area contributed by atoms with Gasteiger partial charge in [-0.05, 0) is 49.4 Å². The maximum atomic E-state index is 11.7. The first-order chi connectivity index (χ1) is 11.9. The summed E-state index contributed by atoms with van der Waals surface area (Å²) in [6, 6.07) is 13.0. The van der Waals surface area contributed by atoms with Crippen molar-refractivity contribution in [1.29, 1.82) is 0 Å². The van der Waals surface area contributed by atoms with Crippen LogP contribution in [0.3, 0.4) is 0 Å². The lowest BCUT2D eigenvalue weighted by Gasteiger charge is -2.08. The van der Waals surface area contributed by atoms with Crippen molar-refractivity contribution in [2.75, 3.05) is 18.5 Å². The number of carbonyl (C=O) groups excluding carboxylic acids is 3. The maximum Gasteiger partial charge on any atom is 0.344 e. The van der Waals surface area contributed by atoms with Gasteiger partial charge in [0.25, 0.3) is 5.91 Å². The molecule has 1 N–H and O–H groups in total. The molecule has 0 aliphatic heterocycles. The number of ketones is 1. The van der Waals surface area contributed by atoms with Gasteiger partial charge >= 0.3 is 5.97 Å². The Bertz CT molecular complexity index is 773. The van der Waals surface area contributed by atoms with Gasteiger partial charge in [-0.25, -0.2) is 4.79 Å². The smallest absolute Gasteiger partial charge is 0.344 e. The highest BCUT2D eigenvalue weighted by molar-refractivity contribution is 6.30. The van der Waals surface area contributed by atoms with Gasteiger partial charge in [-0.15, -0.1) is 0 Å². The van der Waals surface area contributed by atoms with Crippen LogP contribution < -0.4 is 10.1 Å². The quantitative estimate of drug-likeness (QED) is 0.605. The highest BCUT2D eigenvalue weighted by Gasteiger charge is 2.09. The van der Waals surface area contributed by atoms with E-state index in [1.165, 1.54) is 6.92 Å². The minimum absolute atomic E-state index is 0.0634. The van der Waals surface area contributed by atoms with Crippen molar-refractivity contribution in [1.82, 2.24) is 0 Å². The van der Waals surface area contributed by atoms with Crippen LogP contribution in [0.4, 0.5) is 5.69 Å². The Hall–Kier alpha value is -2.86. The largest absolute Gasteiger partial charge is 0.482 e. The van der Waals surface area contributed by atoms with Crippen LogP contribution in [0.25, 0.3) is 0 Å². The van der Waals surface area contributed by atoms with Crippen LogP contribution in [0.5, 0.6) is 5.75 Å². The van der Waals surface area contributed by atoms with Gasteiger partial charge < -0.3 is 14.8 Å². The van der Waals surface area contributed by atoms with Crippen molar-refractivity contribution >= 4 is 34.9 Å². The molecule has 0 aliphatic carbocycles. The van der Waals surface area contributed by atoms with Crippen molar-refractivity contribution in [3.05, 3.63) is 59.1 Å². The molecule has 0 saturated heterocycles. The molecular weight excluding hydrogens is 346 g/mol. The second kappa shape index (κ2) is 8.84. The van der Waals surface area contributed by atoms with Gasteiger partial charge in [0.15, 0.2) is 19.0 Å². The summed E-state index contributed by atoms with van der Waals surface area (Å²) in [4.78, 5) is 34.5. The van der Waals surface area contributed by atoms with E-state index in [2.05, 4.69) is 5.32 Å². The number of halogens is 1. The van der Waals surface area contributed by atoms with E-state index in [1.807, 2.05) is 0 Å². The summed E-state index contributed by atoms with van der Waals surface area (Å²) in [6.45, 7) is 0.686. The molecule has 1 amide bonds. The van der Waals surface area contributed by atoms with Crippen molar-refractivity contribution in [3.63, 3.8) is 0 Å². The van der Waals surface area contributed by atoms with Crippen LogP contribution >= 0.6 is 11.6 Å². The number of anilines is 1. The number of hydrogen-bond donors (Lipinski definition) is 1. The lowest BCUT2D eigenvalue weighted by Crippen LogP contribution is -2.23. The first kappa shape index (κ1) is 18.5. The molecule has 2 aromatic carbocycles. The van der Waals surface area contributed by atoms with Gasteiger partial charge in [0.2, 0.25) is 0 Å². The number of esters is 1. The highest BCUT2D eigenvalue weighted by Crippen LogP contribution is 2.17. The predicted molar refractivity (Wildman–Crippen MR) is 93.0 cm³/mol. The van der Waals surface area contributed by atoms with E-state index >= 15 is 0 Å². The molecule has 0 spiro atoms. The summed E-state index contributed by atoms with van der Waals surface area (Å²) in [5.41, 5.74) is 1.05. The molecule has 0 saturated carbocycles. The fourth-order valence-corrected chi connectivity index (χ4v) is 2.05. The number of rotatable bonds is 7. The first-order valence-electron chi connectivity index (χ1n) is 7.39. The van der Waals surface area contributed by atoms with Crippen LogP contribution in [0.2, 0.25) is 5.02 Å². The number of nitrogens with one attached hydrogen (secondary N) is 1. The number of amides is 1. The average Bonchev–Trinajstić information content (AvgIpc) is 2.58. The zero-order valence-corrected chi connectivity index (χ0v) is 14.2. The Morgan fingerprint density at radius 2 is 1.76 bits per heavy atom. The Labute approximate surface area is 149 Å². The van der Waals surface area contributed by atoms with Crippen molar-refractivity contribution < 1.29 is 23.9 Å². The van der Waals surface area contributed by atoms with Gasteiger partial charge in [-0.1, -0.05) is 17.7 Å². The summed E-state index contributed by atoms with van der Waals surface area (Å²) < 4.78 is 10.0. The molecule has 0 fully saturated rings. The Morgan fingerprint density at radius 3 is 2.40 bits per heavy atom. The minimum Gasteiger partial charge on any atom is -0.482 e. The molecule has 25 heavy (non-hydrogen) atoms. The monoisotopic (exact) mass is 361 g/mol. The van der Waals surface area contributed by atoms with E-state index in [4.69, 9.17) is 21.1 Å².